The molecule has 0 fully saturated rings. The molecule has 1 rings (SSSR count). The molecular weight excluding hydrogens is 448 g/mol. The number of halogens is 4. The second-order valence-electron chi connectivity index (χ2n) is 5.22. The van der Waals surface area contributed by atoms with Crippen LogP contribution in [0.5, 0.6) is 0 Å². The van der Waals surface area contributed by atoms with Crippen molar-refractivity contribution in [2.75, 3.05) is 32.0 Å². The maximum absolute atomic E-state index is 13.5. The van der Waals surface area contributed by atoms with E-state index in [1.54, 1.807) is 0 Å². The summed E-state index contributed by atoms with van der Waals surface area (Å²) in [5, 5.41) is 5.23. The summed E-state index contributed by atoms with van der Waals surface area (Å²) < 4.78 is 39.5. The molecule has 5 nitrogen and oxygen atoms in total. The monoisotopic (exact) mass is 472 g/mol. The first kappa shape index (κ1) is 23.5. The van der Waals surface area contributed by atoms with Gasteiger partial charge in [-0.25, -0.2) is 18.2 Å². The van der Waals surface area contributed by atoms with Crippen LogP contribution >= 0.6 is 24.0 Å². The lowest BCUT2D eigenvalue weighted by Crippen LogP contribution is -2.40. The van der Waals surface area contributed by atoms with Gasteiger partial charge >= 0.3 is 0 Å². The van der Waals surface area contributed by atoms with E-state index in [2.05, 4.69) is 22.5 Å². The fraction of sp³-hybridized carbons (Fsp3) is 0.500. The van der Waals surface area contributed by atoms with Gasteiger partial charge in [0.05, 0.1) is 5.69 Å². The summed E-state index contributed by atoms with van der Waals surface area (Å²) in [7, 11) is 1.85. The fourth-order valence-corrected chi connectivity index (χ4v) is 1.93. The Kier molecular flexibility index (Phi) is 11.2. The Labute approximate surface area is 163 Å². The molecule has 0 aliphatic rings. The first-order valence-electron chi connectivity index (χ1n) is 7.83. The summed E-state index contributed by atoms with van der Waals surface area (Å²) in [5.41, 5.74) is -0.418. The summed E-state index contributed by atoms with van der Waals surface area (Å²) >= 11 is 0. The van der Waals surface area contributed by atoms with Gasteiger partial charge in [-0.05, 0) is 25.5 Å². The molecule has 1 aromatic rings. The maximum Gasteiger partial charge on any atom is 0.246 e. The highest BCUT2D eigenvalue weighted by molar-refractivity contribution is 14.0. The number of nitrogens with one attached hydrogen (secondary N) is 2. The number of rotatable bonds is 7. The van der Waals surface area contributed by atoms with E-state index in [1.165, 1.54) is 0 Å². The maximum atomic E-state index is 13.5. The zero-order valence-electron chi connectivity index (χ0n) is 14.5. The van der Waals surface area contributed by atoms with Crippen molar-refractivity contribution in [3.8, 4) is 0 Å². The smallest absolute Gasteiger partial charge is 0.246 e. The summed E-state index contributed by atoms with van der Waals surface area (Å²) in [6.07, 6.45) is 2.01. The van der Waals surface area contributed by atoms with Gasteiger partial charge in [0, 0.05) is 20.1 Å². The number of hydrogen-bond acceptors (Lipinski definition) is 2. The normalized spacial score (nSPS) is 10.9. The van der Waals surface area contributed by atoms with Gasteiger partial charge in [-0.15, -0.1) is 24.0 Å². The summed E-state index contributed by atoms with van der Waals surface area (Å²) in [6, 6.07) is 1.72. The van der Waals surface area contributed by atoms with E-state index in [-0.39, 0.29) is 30.5 Å². The Morgan fingerprint density at radius 3 is 2.48 bits per heavy atom. The third-order valence-electron chi connectivity index (χ3n) is 3.23. The fourth-order valence-electron chi connectivity index (χ4n) is 1.93. The van der Waals surface area contributed by atoms with Gasteiger partial charge in [0.25, 0.3) is 0 Å². The average Bonchev–Trinajstić information content (AvgIpc) is 2.57. The highest BCUT2D eigenvalue weighted by Gasteiger charge is 2.15. The summed E-state index contributed by atoms with van der Waals surface area (Å²) in [5.74, 6) is -4.44. The number of benzene rings is 1. The molecule has 0 bridgehead atoms. The topological polar surface area (TPSA) is 56.7 Å². The number of aliphatic imine (C=N–C) groups is 1. The van der Waals surface area contributed by atoms with Crippen LogP contribution in [0.25, 0.3) is 0 Å². The molecule has 9 heteroatoms. The van der Waals surface area contributed by atoms with Crippen molar-refractivity contribution in [1.82, 2.24) is 10.2 Å². The molecule has 2 N–H and O–H groups in total. The largest absolute Gasteiger partial charge is 0.357 e. The molecular formula is C16H24F3IN4O. The van der Waals surface area contributed by atoms with Gasteiger partial charge < -0.3 is 15.5 Å². The minimum Gasteiger partial charge on any atom is -0.357 e. The molecule has 0 radical (unpaired) electrons. The molecule has 0 saturated heterocycles. The molecule has 1 aromatic carbocycles. The third kappa shape index (κ3) is 7.49. The number of carbonyl (C=O) groups is 1. The highest BCUT2D eigenvalue weighted by atomic mass is 127. The lowest BCUT2D eigenvalue weighted by Gasteiger charge is -2.21. The first-order chi connectivity index (χ1) is 11.4. The van der Waals surface area contributed by atoms with E-state index in [9.17, 15) is 18.0 Å². The van der Waals surface area contributed by atoms with Gasteiger partial charge in [0.15, 0.2) is 23.4 Å². The van der Waals surface area contributed by atoms with E-state index in [0.717, 1.165) is 31.5 Å². The van der Waals surface area contributed by atoms with Gasteiger partial charge in [-0.2, -0.15) is 0 Å². The SMILES string of the molecule is CCCCN(C)C(=NCC(=O)Nc1ccc(F)c(F)c1F)NCC.I. The van der Waals surface area contributed by atoms with E-state index in [4.69, 9.17) is 0 Å². The lowest BCUT2D eigenvalue weighted by molar-refractivity contribution is -0.114. The number of hydrogen-bond donors (Lipinski definition) is 2. The molecule has 25 heavy (non-hydrogen) atoms. The minimum absolute atomic E-state index is 0. The number of unbranched alkanes of at least 4 members (excludes halogenated alkanes) is 1. The van der Waals surface area contributed by atoms with Gasteiger partial charge in [-0.1, -0.05) is 13.3 Å². The predicted molar refractivity (Wildman–Crippen MR) is 104 cm³/mol. The van der Waals surface area contributed by atoms with Crippen LogP contribution in [0, 0.1) is 17.5 Å². The lowest BCUT2D eigenvalue weighted by atomic mass is 10.3. The number of amides is 1. The molecule has 0 aliphatic carbocycles. The Morgan fingerprint density at radius 1 is 1.20 bits per heavy atom. The number of anilines is 1. The van der Waals surface area contributed by atoms with Crippen LogP contribution in [0.4, 0.5) is 18.9 Å². The standard InChI is InChI=1S/C16H23F3N4O.HI/c1-4-6-9-23(3)16(20-5-2)21-10-13(24)22-12-8-7-11(17)14(18)15(12)19;/h7-8H,4-6,9-10H2,1-3H3,(H,20,21)(H,22,24);1H. The van der Waals surface area contributed by atoms with Crippen LogP contribution < -0.4 is 10.6 Å². The number of carbonyl (C=O) groups excluding carboxylic acids is 1. The molecule has 1 amide bonds. The second kappa shape index (κ2) is 11.9. The van der Waals surface area contributed by atoms with E-state index in [1.807, 2.05) is 18.9 Å². The molecule has 0 aromatic heterocycles. The average molecular weight is 472 g/mol. The Hall–Kier alpha value is -1.52. The van der Waals surface area contributed by atoms with Crippen LogP contribution in [-0.2, 0) is 4.79 Å². The zero-order valence-corrected chi connectivity index (χ0v) is 16.9. The molecule has 142 valence electrons. The number of nitrogens with zero attached hydrogens (tertiary/aromatic N) is 2. The minimum atomic E-state index is -1.62. The van der Waals surface area contributed by atoms with Crippen molar-refractivity contribution in [1.29, 1.82) is 0 Å². The molecule has 0 saturated carbocycles. The first-order valence-corrected chi connectivity index (χ1v) is 7.83. The summed E-state index contributed by atoms with van der Waals surface area (Å²) in [6.45, 7) is 5.12. The van der Waals surface area contributed by atoms with Crippen LogP contribution in [0.3, 0.4) is 0 Å². The summed E-state index contributed by atoms with van der Waals surface area (Å²) in [4.78, 5) is 17.9. The Morgan fingerprint density at radius 2 is 1.88 bits per heavy atom. The Balaban J connectivity index is 0.00000576. The second-order valence-corrected chi connectivity index (χ2v) is 5.22. The van der Waals surface area contributed by atoms with Gasteiger partial charge in [0.1, 0.15) is 6.54 Å². The van der Waals surface area contributed by atoms with E-state index in [0.29, 0.717) is 12.5 Å². The molecule has 0 unspecified atom stereocenters. The molecule has 0 spiro atoms. The van der Waals surface area contributed by atoms with Crippen molar-refractivity contribution in [3.63, 3.8) is 0 Å². The van der Waals surface area contributed by atoms with Crippen molar-refractivity contribution >= 4 is 41.5 Å². The van der Waals surface area contributed by atoms with Gasteiger partial charge in [-0.3, -0.25) is 4.79 Å². The van der Waals surface area contributed by atoms with Crippen LogP contribution in [0.2, 0.25) is 0 Å². The quantitative estimate of drug-likeness (QED) is 0.277. The molecule has 0 aliphatic heterocycles. The van der Waals surface area contributed by atoms with Crippen molar-refractivity contribution in [3.05, 3.63) is 29.6 Å². The van der Waals surface area contributed by atoms with Crippen LogP contribution in [0.1, 0.15) is 26.7 Å². The molecule has 0 atom stereocenters. The molecule has 0 heterocycles. The van der Waals surface area contributed by atoms with Crippen LogP contribution in [-0.4, -0.2) is 43.4 Å². The van der Waals surface area contributed by atoms with Gasteiger partial charge in [0.2, 0.25) is 5.91 Å². The van der Waals surface area contributed by atoms with Crippen molar-refractivity contribution in [2.24, 2.45) is 4.99 Å². The van der Waals surface area contributed by atoms with E-state index < -0.39 is 29.0 Å². The Bertz CT molecular complexity index is 599. The van der Waals surface area contributed by atoms with Crippen LogP contribution in [0.15, 0.2) is 17.1 Å². The third-order valence-corrected chi connectivity index (χ3v) is 3.23. The van der Waals surface area contributed by atoms with Crippen molar-refractivity contribution < 1.29 is 18.0 Å². The van der Waals surface area contributed by atoms with E-state index >= 15 is 0 Å². The number of guanidine groups is 1. The highest BCUT2D eigenvalue weighted by Crippen LogP contribution is 2.19. The zero-order chi connectivity index (χ0) is 18.1. The van der Waals surface area contributed by atoms with Crippen molar-refractivity contribution in [2.45, 2.75) is 26.7 Å². The predicted octanol–water partition coefficient (Wildman–Crippen LogP) is 3.36.